The summed E-state index contributed by atoms with van der Waals surface area (Å²) in [6.07, 6.45) is 8.40. The molecule has 9 nitrogen and oxygen atoms in total. The molecule has 0 unspecified atom stereocenters. The first-order valence-corrected chi connectivity index (χ1v) is 14.8. The van der Waals surface area contributed by atoms with Crippen molar-refractivity contribution in [1.82, 2.24) is 20.1 Å². The zero-order chi connectivity index (χ0) is 30.0. The van der Waals surface area contributed by atoms with Crippen LogP contribution in [0.15, 0.2) is 79.1 Å². The molecule has 2 bridgehead atoms. The average Bonchev–Trinajstić information content (AvgIpc) is 3.50. The first-order valence-electron chi connectivity index (χ1n) is 14.8. The van der Waals surface area contributed by atoms with Crippen molar-refractivity contribution in [2.75, 3.05) is 46.4 Å². The zero-order valence-electron chi connectivity index (χ0n) is 24.5. The molecule has 2 aliphatic rings. The van der Waals surface area contributed by atoms with Crippen molar-refractivity contribution in [3.63, 3.8) is 0 Å². The van der Waals surface area contributed by atoms with E-state index in [-0.39, 0.29) is 30.2 Å². The molecule has 2 aromatic carbocycles. The van der Waals surface area contributed by atoms with Crippen LogP contribution in [0.2, 0.25) is 0 Å². The van der Waals surface area contributed by atoms with Crippen LogP contribution in [0.3, 0.4) is 0 Å². The number of rotatable bonds is 6. The number of methoxy groups -OCH3 is 1. The van der Waals surface area contributed by atoms with E-state index in [1.807, 2.05) is 60.7 Å². The number of likely N-dealkylation sites (tertiary alicyclic amines) is 1. The number of nitrogens with one attached hydrogen (secondary N) is 1. The van der Waals surface area contributed by atoms with E-state index in [4.69, 9.17) is 9.47 Å². The number of benzene rings is 2. The monoisotopic (exact) mass is 582 g/mol. The lowest BCUT2D eigenvalue weighted by Gasteiger charge is -2.24. The summed E-state index contributed by atoms with van der Waals surface area (Å²) in [5.74, 6) is 0.334. The second kappa shape index (κ2) is 14.5. The summed E-state index contributed by atoms with van der Waals surface area (Å²) in [6.45, 7) is 2.35. The molecule has 0 saturated carbocycles. The molecule has 1 fully saturated rings. The van der Waals surface area contributed by atoms with E-state index < -0.39 is 5.92 Å². The van der Waals surface area contributed by atoms with Gasteiger partial charge in [-0.25, -0.2) is 0 Å². The molecule has 1 N–H and O–H groups in total. The molecule has 3 aromatic rings. The van der Waals surface area contributed by atoms with Crippen molar-refractivity contribution in [2.45, 2.75) is 25.2 Å². The first-order chi connectivity index (χ1) is 21.0. The Morgan fingerprint density at radius 3 is 2.67 bits per heavy atom. The Morgan fingerprint density at radius 1 is 1.05 bits per heavy atom. The molecule has 2 aliphatic heterocycles. The summed E-state index contributed by atoms with van der Waals surface area (Å²) in [5, 5.41) is 3.08. The Labute approximate surface area is 252 Å². The lowest BCUT2D eigenvalue weighted by atomic mass is 9.88. The van der Waals surface area contributed by atoms with E-state index in [2.05, 4.69) is 10.3 Å². The molecule has 0 radical (unpaired) electrons. The molecular formula is C34H38N4O5. The Hall–Kier alpha value is -4.66. The van der Waals surface area contributed by atoms with E-state index in [0.29, 0.717) is 63.5 Å². The van der Waals surface area contributed by atoms with E-state index in [0.717, 1.165) is 16.7 Å². The fourth-order valence-corrected chi connectivity index (χ4v) is 5.65. The molecule has 0 spiro atoms. The van der Waals surface area contributed by atoms with Gasteiger partial charge in [0.1, 0.15) is 6.61 Å². The number of hydrogen-bond acceptors (Lipinski definition) is 6. The van der Waals surface area contributed by atoms with E-state index in [9.17, 15) is 14.4 Å². The maximum absolute atomic E-state index is 13.5. The third-order valence-electron chi connectivity index (χ3n) is 8.03. The number of pyridine rings is 1. The normalized spacial score (nSPS) is 19.2. The predicted octanol–water partition coefficient (Wildman–Crippen LogP) is 3.71. The Balaban J connectivity index is 1.31. The van der Waals surface area contributed by atoms with Gasteiger partial charge < -0.3 is 24.6 Å². The molecule has 3 amide bonds. The number of carbonyl (C=O) groups excluding carboxylic acids is 3. The minimum absolute atomic E-state index is 0.0183. The summed E-state index contributed by atoms with van der Waals surface area (Å²) in [4.78, 5) is 47.5. The molecule has 43 heavy (non-hydrogen) atoms. The van der Waals surface area contributed by atoms with Crippen LogP contribution in [-0.2, 0) is 20.8 Å². The van der Waals surface area contributed by atoms with Crippen LogP contribution in [0.4, 0.5) is 0 Å². The molecular weight excluding hydrogens is 544 g/mol. The number of carbonyl (C=O) groups is 3. The largest absolute Gasteiger partial charge is 0.493 e. The van der Waals surface area contributed by atoms with Crippen molar-refractivity contribution >= 4 is 23.8 Å². The highest BCUT2D eigenvalue weighted by atomic mass is 16.5. The maximum atomic E-state index is 13.5. The average molecular weight is 583 g/mol. The van der Waals surface area contributed by atoms with Gasteiger partial charge in [-0.2, -0.15) is 0 Å². The summed E-state index contributed by atoms with van der Waals surface area (Å²) < 4.78 is 11.7. The smallest absolute Gasteiger partial charge is 0.246 e. The Morgan fingerprint density at radius 2 is 1.88 bits per heavy atom. The topological polar surface area (TPSA) is 101 Å². The van der Waals surface area contributed by atoms with Gasteiger partial charge in [-0.05, 0) is 53.8 Å². The van der Waals surface area contributed by atoms with Crippen LogP contribution in [0.5, 0.6) is 11.5 Å². The maximum Gasteiger partial charge on any atom is 0.246 e. The highest BCUT2D eigenvalue weighted by molar-refractivity contribution is 5.91. The highest BCUT2D eigenvalue weighted by Crippen LogP contribution is 2.38. The van der Waals surface area contributed by atoms with E-state index in [1.54, 1.807) is 41.5 Å². The van der Waals surface area contributed by atoms with Gasteiger partial charge in [-0.1, -0.05) is 42.5 Å². The SMILES string of the molecule is COc1ccc2cc1OCCN(C(=O)C=Cc1ccccc1)CCCNC(=O)[C@H]1CN(C(=O)CCc3cccnc3)C[C@H]21. The Kier molecular flexibility index (Phi) is 10.0. The van der Waals surface area contributed by atoms with E-state index >= 15 is 0 Å². The lowest BCUT2D eigenvalue weighted by molar-refractivity contribution is -0.130. The quantitative estimate of drug-likeness (QED) is 0.445. The molecule has 1 aromatic heterocycles. The lowest BCUT2D eigenvalue weighted by Crippen LogP contribution is -2.39. The van der Waals surface area contributed by atoms with Gasteiger partial charge >= 0.3 is 0 Å². The van der Waals surface area contributed by atoms with Crippen LogP contribution >= 0.6 is 0 Å². The summed E-state index contributed by atoms with van der Waals surface area (Å²) >= 11 is 0. The molecule has 0 aliphatic carbocycles. The van der Waals surface area contributed by atoms with Crippen LogP contribution < -0.4 is 14.8 Å². The number of hydrogen-bond donors (Lipinski definition) is 1. The first kappa shape index (κ1) is 29.8. The number of aryl methyl sites for hydroxylation is 1. The minimum Gasteiger partial charge on any atom is -0.493 e. The minimum atomic E-state index is -0.405. The molecule has 1 saturated heterocycles. The van der Waals surface area contributed by atoms with Crippen molar-refractivity contribution in [2.24, 2.45) is 5.92 Å². The van der Waals surface area contributed by atoms with Gasteiger partial charge in [0.2, 0.25) is 17.7 Å². The highest BCUT2D eigenvalue weighted by Gasteiger charge is 2.40. The molecule has 9 heteroatoms. The van der Waals surface area contributed by atoms with Crippen molar-refractivity contribution < 1.29 is 23.9 Å². The third kappa shape index (κ3) is 7.80. The van der Waals surface area contributed by atoms with E-state index in [1.165, 1.54) is 0 Å². The van der Waals surface area contributed by atoms with Gasteiger partial charge in [0.05, 0.1) is 19.6 Å². The number of ether oxygens (including phenoxy) is 2. The van der Waals surface area contributed by atoms with Crippen LogP contribution in [-0.4, -0.2) is 78.9 Å². The second-order valence-corrected chi connectivity index (χ2v) is 10.8. The predicted molar refractivity (Wildman–Crippen MR) is 164 cm³/mol. The molecule has 224 valence electrons. The molecule has 2 atom stereocenters. The fourth-order valence-electron chi connectivity index (χ4n) is 5.65. The molecule has 3 heterocycles. The third-order valence-corrected chi connectivity index (χ3v) is 8.03. The number of nitrogens with zero attached hydrogens (tertiary/aromatic N) is 3. The van der Waals surface area contributed by atoms with Crippen LogP contribution in [0, 0.1) is 5.92 Å². The standard InChI is InChI=1S/C34H38N4O5/c1-42-30-13-12-27-21-31(30)43-20-19-37(32(39)14-10-25-7-3-2-4-8-25)18-6-17-36-34(41)29-24-38(23-28(27)29)33(40)15-11-26-9-5-16-35-22-26/h2-5,7-10,12-14,16,21-22,28-29H,6,11,15,17-20,23-24H2,1H3,(H,36,41)/t28-,29+/m1/s1. The van der Waals surface area contributed by atoms with Gasteiger partial charge in [-0.15, -0.1) is 0 Å². The van der Waals surface area contributed by atoms with Crippen molar-refractivity contribution in [1.29, 1.82) is 0 Å². The van der Waals surface area contributed by atoms with Crippen LogP contribution in [0.25, 0.3) is 6.08 Å². The number of fused-ring (bicyclic) bond motifs is 4. The van der Waals surface area contributed by atoms with Crippen molar-refractivity contribution in [3.8, 4) is 11.5 Å². The summed E-state index contributed by atoms with van der Waals surface area (Å²) in [5.41, 5.74) is 2.86. The number of amides is 3. The van der Waals surface area contributed by atoms with Gasteiger partial charge in [-0.3, -0.25) is 19.4 Å². The van der Waals surface area contributed by atoms with Crippen LogP contribution in [0.1, 0.15) is 35.4 Å². The van der Waals surface area contributed by atoms with Crippen molar-refractivity contribution in [3.05, 3.63) is 95.8 Å². The zero-order valence-corrected chi connectivity index (χ0v) is 24.5. The van der Waals surface area contributed by atoms with Gasteiger partial charge in [0.15, 0.2) is 11.5 Å². The Bertz CT molecular complexity index is 1430. The van der Waals surface area contributed by atoms with Gasteiger partial charge in [0, 0.05) is 57.0 Å². The number of aromatic nitrogens is 1. The van der Waals surface area contributed by atoms with Gasteiger partial charge in [0.25, 0.3) is 0 Å². The second-order valence-electron chi connectivity index (χ2n) is 10.8. The molecule has 5 rings (SSSR count). The summed E-state index contributed by atoms with van der Waals surface area (Å²) in [6, 6.07) is 19.2. The summed E-state index contributed by atoms with van der Waals surface area (Å²) in [7, 11) is 1.58. The fraction of sp³-hybridized carbons (Fsp3) is 0.353.